The summed E-state index contributed by atoms with van der Waals surface area (Å²) in [5, 5.41) is 18.5. The van der Waals surface area contributed by atoms with Crippen LogP contribution in [0.15, 0.2) is 15.7 Å². The zero-order valence-electron chi connectivity index (χ0n) is 15.1. The summed E-state index contributed by atoms with van der Waals surface area (Å²) in [6, 6.07) is 0.959. The zero-order valence-corrected chi connectivity index (χ0v) is 15.1. The lowest BCUT2D eigenvalue weighted by molar-refractivity contribution is 0.185. The third kappa shape index (κ3) is 3.54. The minimum absolute atomic E-state index is 0.00404. The fraction of sp³-hybridized carbons (Fsp3) is 0.588. The quantitative estimate of drug-likeness (QED) is 0.529. The molecule has 0 radical (unpaired) electrons. The summed E-state index contributed by atoms with van der Waals surface area (Å²) in [5.74, 6) is 4.61. The van der Waals surface area contributed by atoms with Gasteiger partial charge in [0.1, 0.15) is 0 Å². The minimum atomic E-state index is -0.790. The summed E-state index contributed by atoms with van der Waals surface area (Å²) in [6.07, 6.45) is 1.90. The van der Waals surface area contributed by atoms with Crippen molar-refractivity contribution in [3.63, 3.8) is 0 Å². The fourth-order valence-corrected chi connectivity index (χ4v) is 3.22. The van der Waals surface area contributed by atoms with Gasteiger partial charge in [-0.1, -0.05) is 0 Å². The molecule has 9 nitrogen and oxygen atoms in total. The van der Waals surface area contributed by atoms with Gasteiger partial charge in [0.25, 0.3) is 5.56 Å². The van der Waals surface area contributed by atoms with Crippen LogP contribution in [0.1, 0.15) is 32.2 Å². The summed E-state index contributed by atoms with van der Waals surface area (Å²) in [6.45, 7) is 2.25. The third-order valence-electron chi connectivity index (χ3n) is 4.89. The Balaban J connectivity index is 2.15. The van der Waals surface area contributed by atoms with E-state index in [4.69, 9.17) is 10.9 Å². The number of hydrogen-bond acceptors (Lipinski definition) is 7. The van der Waals surface area contributed by atoms with Crippen molar-refractivity contribution < 1.29 is 14.6 Å². The molecule has 0 aromatic carbocycles. The van der Waals surface area contributed by atoms with Gasteiger partial charge in [-0.3, -0.25) is 9.36 Å². The van der Waals surface area contributed by atoms with Gasteiger partial charge in [-0.15, -0.1) is 0 Å². The van der Waals surface area contributed by atoms with Crippen LogP contribution in [0.2, 0.25) is 0 Å². The Morgan fingerprint density at radius 3 is 2.67 bits per heavy atom. The van der Waals surface area contributed by atoms with Crippen LogP contribution in [0.3, 0.4) is 0 Å². The Hall–Kier alpha value is -2.46. The molecule has 3 rings (SSSR count). The van der Waals surface area contributed by atoms with E-state index in [0.717, 1.165) is 18.9 Å². The molecule has 0 aliphatic heterocycles. The molecule has 1 atom stereocenters. The maximum absolute atomic E-state index is 14.8. The van der Waals surface area contributed by atoms with Gasteiger partial charge in [0, 0.05) is 38.3 Å². The summed E-state index contributed by atoms with van der Waals surface area (Å²) in [5.41, 5.74) is -1.34. The first-order valence-corrected chi connectivity index (χ1v) is 9.02. The van der Waals surface area contributed by atoms with Crippen LogP contribution in [0.5, 0.6) is 0 Å². The smallest absolute Gasteiger partial charge is 0.351 e. The van der Waals surface area contributed by atoms with Crippen molar-refractivity contribution in [1.29, 1.82) is 0 Å². The van der Waals surface area contributed by atoms with E-state index in [2.05, 4.69) is 4.98 Å². The van der Waals surface area contributed by atoms with Crippen LogP contribution in [0.25, 0.3) is 11.0 Å². The number of anilines is 1. The van der Waals surface area contributed by atoms with E-state index in [0.29, 0.717) is 17.6 Å². The molecular weight excluding hydrogens is 357 g/mol. The first kappa shape index (κ1) is 19.3. The molecule has 148 valence electrons. The predicted molar refractivity (Wildman–Crippen MR) is 98.8 cm³/mol. The lowest BCUT2D eigenvalue weighted by Gasteiger charge is -2.27. The number of halogens is 1. The fourth-order valence-electron chi connectivity index (χ4n) is 3.22. The lowest BCUT2D eigenvalue weighted by Crippen LogP contribution is -2.45. The van der Waals surface area contributed by atoms with Crippen LogP contribution < -0.4 is 22.0 Å². The number of nitrogens with two attached hydrogens (primary N) is 1. The largest absolute Gasteiger partial charge is 0.396 e. The zero-order chi connectivity index (χ0) is 19.7. The van der Waals surface area contributed by atoms with Gasteiger partial charge in [0.15, 0.2) is 17.3 Å². The second-order valence-corrected chi connectivity index (χ2v) is 6.82. The van der Waals surface area contributed by atoms with Crippen LogP contribution >= 0.6 is 0 Å². The molecule has 2 aromatic rings. The Kier molecular flexibility index (Phi) is 5.47. The van der Waals surface area contributed by atoms with Gasteiger partial charge in [0.05, 0.1) is 5.39 Å². The van der Waals surface area contributed by atoms with Gasteiger partial charge in [-0.25, -0.2) is 14.2 Å². The van der Waals surface area contributed by atoms with Crippen molar-refractivity contribution in [3.05, 3.63) is 32.7 Å². The van der Waals surface area contributed by atoms with Gasteiger partial charge >= 0.3 is 5.69 Å². The number of aliphatic hydroxyl groups is 2. The number of aliphatic hydroxyl groups excluding tert-OH is 2. The van der Waals surface area contributed by atoms with Gasteiger partial charge in [0.2, 0.25) is 0 Å². The number of nitrogen functional groups attached to an aromatic ring is 1. The molecule has 0 bridgehead atoms. The molecule has 4 N–H and O–H groups in total. The molecule has 0 unspecified atom stereocenters. The molecule has 1 aliphatic rings. The van der Waals surface area contributed by atoms with Gasteiger partial charge < -0.3 is 21.0 Å². The number of rotatable bonds is 8. The van der Waals surface area contributed by atoms with E-state index < -0.39 is 17.1 Å². The minimum Gasteiger partial charge on any atom is -0.396 e. The standard InChI is InChI=1S/C17H24FN5O4/c1-2-21(8-10(9-25)5-6-24)15-13(18)7-12-14(20-15)22(11-3-4-11)17(27)23(19)16(12)26/h7,10-11,24-25H,2-6,8-9,19H2,1H3/t10-/m0/s1. The van der Waals surface area contributed by atoms with Crippen molar-refractivity contribution >= 4 is 16.9 Å². The summed E-state index contributed by atoms with van der Waals surface area (Å²) in [7, 11) is 0. The van der Waals surface area contributed by atoms with Crippen molar-refractivity contribution in [1.82, 2.24) is 14.2 Å². The van der Waals surface area contributed by atoms with Gasteiger partial charge in [-0.05, 0) is 32.3 Å². The van der Waals surface area contributed by atoms with Crippen molar-refractivity contribution in [2.24, 2.45) is 5.92 Å². The molecule has 0 amide bonds. The summed E-state index contributed by atoms with van der Waals surface area (Å²) in [4.78, 5) is 30.7. The third-order valence-corrected chi connectivity index (χ3v) is 4.89. The average Bonchev–Trinajstić information content (AvgIpc) is 3.49. The maximum atomic E-state index is 14.8. The normalized spacial score (nSPS) is 15.3. The molecule has 0 saturated heterocycles. The highest BCUT2D eigenvalue weighted by atomic mass is 19.1. The average molecular weight is 381 g/mol. The monoisotopic (exact) mass is 381 g/mol. The van der Waals surface area contributed by atoms with E-state index in [1.54, 1.807) is 4.90 Å². The highest BCUT2D eigenvalue weighted by Crippen LogP contribution is 2.35. The molecule has 1 fully saturated rings. The van der Waals surface area contributed by atoms with Crippen LogP contribution in [0.4, 0.5) is 10.2 Å². The Labute approximate surface area is 154 Å². The molecule has 27 heavy (non-hydrogen) atoms. The SMILES string of the molecule is CCN(C[C@@H](CO)CCO)c1nc2c(cc1F)c(=O)n(N)c(=O)n2C1CC1. The topological polar surface area (TPSA) is 127 Å². The number of hydrogen-bond donors (Lipinski definition) is 3. The van der Waals surface area contributed by atoms with E-state index >= 15 is 0 Å². The number of fused-ring (bicyclic) bond motifs is 1. The molecule has 1 saturated carbocycles. The lowest BCUT2D eigenvalue weighted by atomic mass is 10.1. The number of pyridine rings is 1. The molecular formula is C17H24FN5O4. The Bertz CT molecular complexity index is 953. The number of aromatic nitrogens is 3. The van der Waals surface area contributed by atoms with Crippen molar-refractivity contribution in [3.8, 4) is 0 Å². The molecule has 1 aliphatic carbocycles. The van der Waals surface area contributed by atoms with E-state index in [1.165, 1.54) is 4.57 Å². The van der Waals surface area contributed by atoms with E-state index in [9.17, 15) is 19.1 Å². The second-order valence-electron chi connectivity index (χ2n) is 6.82. The van der Waals surface area contributed by atoms with Crippen molar-refractivity contribution in [2.75, 3.05) is 37.0 Å². The van der Waals surface area contributed by atoms with E-state index in [1.807, 2.05) is 6.92 Å². The number of nitrogens with zero attached hydrogens (tertiary/aromatic N) is 4. The summed E-state index contributed by atoms with van der Waals surface area (Å²) >= 11 is 0. The van der Waals surface area contributed by atoms with Crippen LogP contribution in [-0.4, -0.2) is 50.7 Å². The molecule has 2 heterocycles. The highest BCUT2D eigenvalue weighted by Gasteiger charge is 2.30. The first-order chi connectivity index (χ1) is 12.9. The predicted octanol–water partition coefficient (Wildman–Crippen LogP) is -0.437. The maximum Gasteiger partial charge on any atom is 0.351 e. The van der Waals surface area contributed by atoms with Gasteiger partial charge in [-0.2, -0.15) is 4.68 Å². The Morgan fingerprint density at radius 1 is 1.41 bits per heavy atom. The second kappa shape index (κ2) is 7.65. The first-order valence-electron chi connectivity index (χ1n) is 9.02. The summed E-state index contributed by atoms with van der Waals surface area (Å²) < 4.78 is 16.6. The van der Waals surface area contributed by atoms with E-state index in [-0.39, 0.29) is 48.6 Å². The van der Waals surface area contributed by atoms with Crippen LogP contribution in [-0.2, 0) is 0 Å². The van der Waals surface area contributed by atoms with Crippen molar-refractivity contribution in [2.45, 2.75) is 32.2 Å². The molecule has 0 spiro atoms. The van der Waals surface area contributed by atoms with Crippen LogP contribution in [0, 0.1) is 11.7 Å². The highest BCUT2D eigenvalue weighted by molar-refractivity contribution is 5.76. The molecule has 2 aromatic heterocycles. The molecule has 10 heteroatoms. The Morgan fingerprint density at radius 2 is 2.11 bits per heavy atom.